The van der Waals surface area contributed by atoms with Crippen LogP contribution in [0.5, 0.6) is 5.75 Å². The lowest BCUT2D eigenvalue weighted by atomic mass is 9.95. The number of amides is 2. The molecular formula is C29H27ClN2O5. The highest BCUT2D eigenvalue weighted by Crippen LogP contribution is 2.25. The van der Waals surface area contributed by atoms with Crippen molar-refractivity contribution in [2.45, 2.75) is 37.9 Å². The van der Waals surface area contributed by atoms with Crippen molar-refractivity contribution in [2.24, 2.45) is 0 Å². The second-order valence-electron chi connectivity index (χ2n) is 8.81. The van der Waals surface area contributed by atoms with E-state index in [4.69, 9.17) is 16.3 Å². The van der Waals surface area contributed by atoms with Crippen LogP contribution in [0.25, 0.3) is 0 Å². The number of nitrogens with zero attached hydrogens (tertiary/aromatic N) is 1. The molecule has 0 aliphatic carbocycles. The van der Waals surface area contributed by atoms with Crippen LogP contribution in [0, 0.1) is 0 Å². The molecule has 1 aliphatic rings. The Hall–Kier alpha value is -3.97. The molecule has 37 heavy (non-hydrogen) atoms. The predicted octanol–water partition coefficient (Wildman–Crippen LogP) is 4.02. The SMILES string of the molecule is COc1ccccc1C(=O)C(=O)C(Cc1ccccc1)NC(=O)C1CCC(=O)N1Cc1ccccc1Cl. The molecule has 0 saturated carbocycles. The van der Waals surface area contributed by atoms with E-state index in [0.29, 0.717) is 11.4 Å². The molecule has 1 N–H and O–H groups in total. The van der Waals surface area contributed by atoms with Crippen LogP contribution in [0.2, 0.25) is 5.02 Å². The van der Waals surface area contributed by atoms with Gasteiger partial charge in [-0.3, -0.25) is 19.2 Å². The lowest BCUT2D eigenvalue weighted by Crippen LogP contribution is -2.52. The molecule has 8 heteroatoms. The minimum Gasteiger partial charge on any atom is -0.496 e. The van der Waals surface area contributed by atoms with Crippen LogP contribution in [-0.4, -0.2) is 47.5 Å². The second-order valence-corrected chi connectivity index (χ2v) is 9.22. The molecule has 2 amide bonds. The molecule has 0 spiro atoms. The summed E-state index contributed by atoms with van der Waals surface area (Å²) in [6, 6.07) is 20.8. The van der Waals surface area contributed by atoms with Crippen molar-refractivity contribution in [3.63, 3.8) is 0 Å². The van der Waals surface area contributed by atoms with Crippen LogP contribution in [0.4, 0.5) is 0 Å². The van der Waals surface area contributed by atoms with Crippen LogP contribution in [0.3, 0.4) is 0 Å². The van der Waals surface area contributed by atoms with E-state index in [-0.39, 0.29) is 36.6 Å². The third-order valence-electron chi connectivity index (χ3n) is 6.42. The van der Waals surface area contributed by atoms with Gasteiger partial charge in [0.1, 0.15) is 11.8 Å². The summed E-state index contributed by atoms with van der Waals surface area (Å²) in [5.74, 6) is -1.90. The molecule has 7 nitrogen and oxygen atoms in total. The number of hydrogen-bond donors (Lipinski definition) is 1. The zero-order valence-electron chi connectivity index (χ0n) is 20.4. The maximum atomic E-state index is 13.4. The molecule has 1 fully saturated rings. The predicted molar refractivity (Wildman–Crippen MR) is 139 cm³/mol. The maximum Gasteiger partial charge on any atom is 0.243 e. The monoisotopic (exact) mass is 518 g/mol. The highest BCUT2D eigenvalue weighted by molar-refractivity contribution is 6.46. The molecule has 3 aromatic carbocycles. The smallest absolute Gasteiger partial charge is 0.243 e. The standard InChI is InChI=1S/C29H27ClN2O5/c1-37-25-14-8-6-12-21(25)27(34)28(35)23(17-19-9-3-2-4-10-19)31-29(36)24-15-16-26(33)32(24)18-20-11-5-7-13-22(20)30/h2-14,23-24H,15-18H2,1H3,(H,31,36). The molecule has 190 valence electrons. The molecule has 1 heterocycles. The quantitative estimate of drug-likeness (QED) is 0.323. The second kappa shape index (κ2) is 11.8. The Kier molecular flexibility index (Phi) is 8.36. The number of Topliss-reactive ketones (excluding diaryl/α,β-unsaturated/α-hetero) is 2. The minimum absolute atomic E-state index is 0.123. The molecule has 0 aromatic heterocycles. The van der Waals surface area contributed by atoms with Gasteiger partial charge in [-0.05, 0) is 35.7 Å². The van der Waals surface area contributed by atoms with Gasteiger partial charge >= 0.3 is 0 Å². The first kappa shape index (κ1) is 26.1. The van der Waals surface area contributed by atoms with Gasteiger partial charge in [0.05, 0.1) is 18.7 Å². The van der Waals surface area contributed by atoms with E-state index in [2.05, 4.69) is 5.32 Å². The molecular weight excluding hydrogens is 492 g/mol. The third-order valence-corrected chi connectivity index (χ3v) is 6.79. The van der Waals surface area contributed by atoms with Crippen LogP contribution >= 0.6 is 11.6 Å². The Bertz CT molecular complexity index is 1310. The summed E-state index contributed by atoms with van der Waals surface area (Å²) < 4.78 is 5.25. The van der Waals surface area contributed by atoms with Gasteiger partial charge < -0.3 is 15.0 Å². The van der Waals surface area contributed by atoms with E-state index in [1.54, 1.807) is 36.4 Å². The summed E-state index contributed by atoms with van der Waals surface area (Å²) in [5.41, 5.74) is 1.63. The molecule has 2 unspecified atom stereocenters. The lowest BCUT2D eigenvalue weighted by molar-refractivity contribution is -0.136. The number of methoxy groups -OCH3 is 1. The molecule has 3 aromatic rings. The van der Waals surface area contributed by atoms with E-state index >= 15 is 0 Å². The van der Waals surface area contributed by atoms with Crippen LogP contribution in [-0.2, 0) is 27.3 Å². The number of likely N-dealkylation sites (tertiary alicyclic amines) is 1. The number of carbonyl (C=O) groups is 4. The Labute approximate surface area is 220 Å². The third kappa shape index (κ3) is 6.06. The average molecular weight is 519 g/mol. The summed E-state index contributed by atoms with van der Waals surface area (Å²) in [6.45, 7) is 0.175. The first-order chi connectivity index (χ1) is 17.9. The number of rotatable bonds is 10. The van der Waals surface area contributed by atoms with Gasteiger partial charge in [-0.15, -0.1) is 0 Å². The van der Waals surface area contributed by atoms with Crippen LogP contribution < -0.4 is 10.1 Å². The van der Waals surface area contributed by atoms with Crippen molar-refractivity contribution in [2.75, 3.05) is 7.11 Å². The van der Waals surface area contributed by atoms with Gasteiger partial charge in [0.15, 0.2) is 0 Å². The number of nitrogens with one attached hydrogen (secondary N) is 1. The van der Waals surface area contributed by atoms with E-state index in [9.17, 15) is 19.2 Å². The zero-order valence-corrected chi connectivity index (χ0v) is 21.1. The van der Waals surface area contributed by atoms with Gasteiger partial charge in [-0.25, -0.2) is 0 Å². The number of carbonyl (C=O) groups excluding carboxylic acids is 4. The largest absolute Gasteiger partial charge is 0.496 e. The van der Waals surface area contributed by atoms with E-state index in [1.807, 2.05) is 36.4 Å². The van der Waals surface area contributed by atoms with Crippen molar-refractivity contribution in [1.29, 1.82) is 0 Å². The van der Waals surface area contributed by atoms with Crippen LogP contribution in [0.1, 0.15) is 34.3 Å². The van der Waals surface area contributed by atoms with Crippen molar-refractivity contribution < 1.29 is 23.9 Å². The summed E-state index contributed by atoms with van der Waals surface area (Å²) in [7, 11) is 1.42. The highest BCUT2D eigenvalue weighted by Gasteiger charge is 2.38. The van der Waals surface area contributed by atoms with E-state index in [0.717, 1.165) is 11.1 Å². The van der Waals surface area contributed by atoms with Crippen molar-refractivity contribution in [3.8, 4) is 5.75 Å². The van der Waals surface area contributed by atoms with Crippen molar-refractivity contribution in [1.82, 2.24) is 10.2 Å². The summed E-state index contributed by atoms with van der Waals surface area (Å²) >= 11 is 6.28. The fourth-order valence-corrected chi connectivity index (χ4v) is 4.66. The average Bonchev–Trinajstić information content (AvgIpc) is 3.29. The number of halogens is 1. The van der Waals surface area contributed by atoms with Gasteiger partial charge in [-0.2, -0.15) is 0 Å². The Morgan fingerprint density at radius 2 is 1.68 bits per heavy atom. The Morgan fingerprint density at radius 3 is 2.41 bits per heavy atom. The maximum absolute atomic E-state index is 13.4. The fraction of sp³-hybridized carbons (Fsp3) is 0.241. The Morgan fingerprint density at radius 1 is 1.00 bits per heavy atom. The van der Waals surface area contributed by atoms with E-state index in [1.165, 1.54) is 18.1 Å². The van der Waals surface area contributed by atoms with Crippen molar-refractivity contribution in [3.05, 3.63) is 101 Å². The van der Waals surface area contributed by atoms with E-state index < -0.39 is 29.6 Å². The molecule has 1 saturated heterocycles. The van der Waals surface area contributed by atoms with Crippen LogP contribution in [0.15, 0.2) is 78.9 Å². The molecule has 2 atom stereocenters. The zero-order chi connectivity index (χ0) is 26.4. The molecule has 1 aliphatic heterocycles. The summed E-state index contributed by atoms with van der Waals surface area (Å²) in [4.78, 5) is 54.2. The number of benzene rings is 3. The normalized spacial score (nSPS) is 15.8. The van der Waals surface area contributed by atoms with Gasteiger partial charge in [0.2, 0.25) is 23.4 Å². The summed E-state index contributed by atoms with van der Waals surface area (Å²) in [5, 5.41) is 3.27. The summed E-state index contributed by atoms with van der Waals surface area (Å²) in [6.07, 6.45) is 0.638. The molecule has 0 radical (unpaired) electrons. The van der Waals surface area contributed by atoms with Gasteiger partial charge in [0, 0.05) is 24.4 Å². The van der Waals surface area contributed by atoms with Crippen molar-refractivity contribution >= 4 is 35.0 Å². The lowest BCUT2D eigenvalue weighted by Gasteiger charge is -2.26. The topological polar surface area (TPSA) is 92.8 Å². The highest BCUT2D eigenvalue weighted by atomic mass is 35.5. The molecule has 4 rings (SSSR count). The minimum atomic E-state index is -1.12. The Balaban J connectivity index is 1.57. The number of hydrogen-bond acceptors (Lipinski definition) is 5. The fourth-order valence-electron chi connectivity index (χ4n) is 4.46. The van der Waals surface area contributed by atoms with Gasteiger partial charge in [0.25, 0.3) is 0 Å². The van der Waals surface area contributed by atoms with Gasteiger partial charge in [-0.1, -0.05) is 72.3 Å². The number of para-hydroxylation sites is 1. The molecule has 0 bridgehead atoms. The first-order valence-corrected chi connectivity index (χ1v) is 12.4. The number of ether oxygens (including phenoxy) is 1. The first-order valence-electron chi connectivity index (χ1n) is 12.0. The number of ketones is 2.